The summed E-state index contributed by atoms with van der Waals surface area (Å²) in [7, 11) is 0. The Hall–Kier alpha value is -1.88. The van der Waals surface area contributed by atoms with E-state index in [0.29, 0.717) is 17.3 Å². The van der Waals surface area contributed by atoms with Crippen molar-refractivity contribution in [3.8, 4) is 0 Å². The van der Waals surface area contributed by atoms with Gasteiger partial charge in [-0.2, -0.15) is 0 Å². The Morgan fingerprint density at radius 1 is 1.50 bits per heavy atom. The fourth-order valence-corrected chi connectivity index (χ4v) is 2.22. The summed E-state index contributed by atoms with van der Waals surface area (Å²) in [6.07, 6.45) is 0. The number of ether oxygens (including phenoxy) is 1. The van der Waals surface area contributed by atoms with Crippen LogP contribution in [0.2, 0.25) is 0 Å². The Bertz CT molecular complexity index is 551. The number of carbonyl (C=O) groups excluding carboxylic acids is 1. The first-order valence-electron chi connectivity index (χ1n) is 5.65. The molecule has 1 aromatic heterocycles. The number of thiazole rings is 1. The number of benzene rings is 1. The fourth-order valence-electron chi connectivity index (χ4n) is 1.53. The molecule has 0 aliphatic heterocycles. The van der Waals surface area contributed by atoms with Crippen LogP contribution in [0.3, 0.4) is 0 Å². The Balaban J connectivity index is 2.20. The molecule has 0 radical (unpaired) electrons. The third kappa shape index (κ3) is 2.87. The Morgan fingerprint density at radius 3 is 3.06 bits per heavy atom. The van der Waals surface area contributed by atoms with Crippen LogP contribution in [0, 0.1) is 6.92 Å². The average molecular weight is 262 g/mol. The molecule has 4 nitrogen and oxygen atoms in total. The maximum atomic E-state index is 11.7. The molecular weight excluding hydrogens is 248 g/mol. The topological polar surface area (TPSA) is 51.2 Å². The van der Waals surface area contributed by atoms with Crippen molar-refractivity contribution < 1.29 is 9.53 Å². The highest BCUT2D eigenvalue weighted by Crippen LogP contribution is 2.25. The fraction of sp³-hybridized carbons (Fsp3) is 0.231. The summed E-state index contributed by atoms with van der Waals surface area (Å²) in [6.45, 7) is 4.14. The van der Waals surface area contributed by atoms with Gasteiger partial charge in [0.15, 0.2) is 5.69 Å². The van der Waals surface area contributed by atoms with Crippen LogP contribution < -0.4 is 5.32 Å². The third-order valence-electron chi connectivity index (χ3n) is 2.31. The molecule has 0 bridgehead atoms. The van der Waals surface area contributed by atoms with Crippen molar-refractivity contribution in [2.75, 3.05) is 11.9 Å². The van der Waals surface area contributed by atoms with E-state index < -0.39 is 5.97 Å². The van der Waals surface area contributed by atoms with E-state index >= 15 is 0 Å². The lowest BCUT2D eigenvalue weighted by molar-refractivity contribution is 0.0521. The van der Waals surface area contributed by atoms with Crippen LogP contribution >= 0.6 is 11.3 Å². The zero-order valence-corrected chi connectivity index (χ0v) is 11.1. The summed E-state index contributed by atoms with van der Waals surface area (Å²) in [5.74, 6) is -0.395. The lowest BCUT2D eigenvalue weighted by Crippen LogP contribution is -2.07. The first-order chi connectivity index (χ1) is 8.70. The number of aromatic nitrogens is 1. The van der Waals surface area contributed by atoms with Crippen LogP contribution in [0.1, 0.15) is 23.0 Å². The van der Waals surface area contributed by atoms with E-state index in [1.54, 1.807) is 12.4 Å². The summed E-state index contributed by atoms with van der Waals surface area (Å²) >= 11 is 1.38. The zero-order valence-electron chi connectivity index (χ0n) is 10.3. The highest BCUT2D eigenvalue weighted by Gasteiger charge is 2.16. The molecule has 0 atom stereocenters. The van der Waals surface area contributed by atoms with Crippen molar-refractivity contribution in [3.05, 3.63) is 41.0 Å². The zero-order chi connectivity index (χ0) is 13.0. The van der Waals surface area contributed by atoms with E-state index in [0.717, 1.165) is 11.3 Å². The number of hydrogen-bond donors (Lipinski definition) is 1. The largest absolute Gasteiger partial charge is 0.461 e. The van der Waals surface area contributed by atoms with E-state index in [4.69, 9.17) is 4.74 Å². The minimum atomic E-state index is -0.395. The normalized spacial score (nSPS) is 10.1. The minimum Gasteiger partial charge on any atom is -0.461 e. The second kappa shape index (κ2) is 5.64. The summed E-state index contributed by atoms with van der Waals surface area (Å²) in [6, 6.07) is 7.93. The number of nitrogens with one attached hydrogen (secondary N) is 1. The lowest BCUT2D eigenvalue weighted by atomic mass is 10.2. The monoisotopic (exact) mass is 262 g/mol. The molecule has 1 aromatic carbocycles. The maximum Gasteiger partial charge on any atom is 0.360 e. The Labute approximate surface area is 110 Å². The van der Waals surface area contributed by atoms with Gasteiger partial charge >= 0.3 is 5.97 Å². The second-order valence-electron chi connectivity index (χ2n) is 3.75. The first-order valence-corrected chi connectivity index (χ1v) is 6.53. The van der Waals surface area contributed by atoms with Gasteiger partial charge in [0.1, 0.15) is 5.00 Å². The van der Waals surface area contributed by atoms with Gasteiger partial charge in [-0.3, -0.25) is 0 Å². The molecule has 94 valence electrons. The summed E-state index contributed by atoms with van der Waals surface area (Å²) in [4.78, 5) is 15.7. The van der Waals surface area contributed by atoms with Crippen molar-refractivity contribution in [3.63, 3.8) is 0 Å². The van der Waals surface area contributed by atoms with E-state index in [1.165, 1.54) is 11.3 Å². The molecule has 0 saturated heterocycles. The van der Waals surface area contributed by atoms with Crippen molar-refractivity contribution in [1.29, 1.82) is 0 Å². The summed E-state index contributed by atoms with van der Waals surface area (Å²) < 4.78 is 4.95. The molecule has 0 fully saturated rings. The maximum absolute atomic E-state index is 11.7. The first kappa shape index (κ1) is 12.6. The van der Waals surface area contributed by atoms with Gasteiger partial charge in [0.05, 0.1) is 12.1 Å². The highest BCUT2D eigenvalue weighted by atomic mass is 32.1. The Morgan fingerprint density at radius 2 is 2.33 bits per heavy atom. The molecule has 2 aromatic rings. The number of rotatable bonds is 4. The quantitative estimate of drug-likeness (QED) is 0.858. The summed E-state index contributed by atoms with van der Waals surface area (Å²) in [5.41, 5.74) is 4.06. The lowest BCUT2D eigenvalue weighted by Gasteiger charge is -2.06. The van der Waals surface area contributed by atoms with Gasteiger partial charge in [0, 0.05) is 5.69 Å². The molecule has 0 amide bonds. The standard InChI is InChI=1S/C13H14N2O2S/c1-3-17-13(16)11-12(18-8-14-11)15-10-6-4-5-9(2)7-10/h4-8,15H,3H2,1-2H3. The SMILES string of the molecule is CCOC(=O)c1ncsc1Nc1cccc(C)c1. The van der Waals surface area contributed by atoms with Gasteiger partial charge in [-0.1, -0.05) is 12.1 Å². The number of esters is 1. The Kier molecular flexibility index (Phi) is 3.94. The van der Waals surface area contributed by atoms with Crippen LogP contribution in [-0.2, 0) is 4.74 Å². The molecular formula is C13H14N2O2S. The molecule has 1 heterocycles. The number of nitrogens with zero attached hydrogens (tertiary/aromatic N) is 1. The predicted octanol–water partition coefficient (Wildman–Crippen LogP) is 3.37. The molecule has 0 aliphatic carbocycles. The number of anilines is 2. The molecule has 0 saturated carbocycles. The van der Waals surface area contributed by atoms with Crippen molar-refractivity contribution in [2.45, 2.75) is 13.8 Å². The highest BCUT2D eigenvalue weighted by molar-refractivity contribution is 7.14. The van der Waals surface area contributed by atoms with Gasteiger partial charge in [-0.15, -0.1) is 11.3 Å². The molecule has 0 spiro atoms. The molecule has 1 N–H and O–H groups in total. The number of carbonyl (C=O) groups is 1. The van der Waals surface area contributed by atoms with Crippen molar-refractivity contribution in [2.24, 2.45) is 0 Å². The summed E-state index contributed by atoms with van der Waals surface area (Å²) in [5, 5.41) is 3.90. The van der Waals surface area contributed by atoms with Crippen molar-refractivity contribution in [1.82, 2.24) is 4.98 Å². The van der Waals surface area contributed by atoms with Crippen LogP contribution in [-0.4, -0.2) is 17.6 Å². The van der Waals surface area contributed by atoms with Crippen LogP contribution in [0.5, 0.6) is 0 Å². The number of aryl methyl sites for hydroxylation is 1. The van der Waals surface area contributed by atoms with Crippen LogP contribution in [0.25, 0.3) is 0 Å². The van der Waals surface area contributed by atoms with E-state index in [-0.39, 0.29) is 0 Å². The minimum absolute atomic E-state index is 0.336. The van der Waals surface area contributed by atoms with Crippen molar-refractivity contribution >= 4 is 28.0 Å². The molecule has 18 heavy (non-hydrogen) atoms. The molecule has 0 unspecified atom stereocenters. The molecule has 0 aliphatic rings. The van der Waals surface area contributed by atoms with Gasteiger partial charge in [-0.25, -0.2) is 9.78 Å². The van der Waals surface area contributed by atoms with Gasteiger partial charge in [0.2, 0.25) is 0 Å². The van der Waals surface area contributed by atoms with Crippen LogP contribution in [0.15, 0.2) is 29.8 Å². The predicted molar refractivity (Wildman–Crippen MR) is 72.5 cm³/mol. The van der Waals surface area contributed by atoms with Gasteiger partial charge in [0.25, 0.3) is 0 Å². The van der Waals surface area contributed by atoms with E-state index in [9.17, 15) is 4.79 Å². The van der Waals surface area contributed by atoms with Gasteiger partial charge in [-0.05, 0) is 31.5 Å². The molecule has 2 rings (SSSR count). The molecule has 5 heteroatoms. The van der Waals surface area contributed by atoms with Crippen LogP contribution in [0.4, 0.5) is 10.7 Å². The second-order valence-corrected chi connectivity index (χ2v) is 4.60. The van der Waals surface area contributed by atoms with E-state index in [1.807, 2.05) is 31.2 Å². The number of hydrogen-bond acceptors (Lipinski definition) is 5. The average Bonchev–Trinajstić information content (AvgIpc) is 2.77. The van der Waals surface area contributed by atoms with E-state index in [2.05, 4.69) is 10.3 Å². The smallest absolute Gasteiger partial charge is 0.360 e. The third-order valence-corrected chi connectivity index (χ3v) is 3.05. The van der Waals surface area contributed by atoms with Gasteiger partial charge < -0.3 is 10.1 Å².